The first-order valence-corrected chi connectivity index (χ1v) is 11.6. The monoisotopic (exact) mass is 602 g/mol. The van der Waals surface area contributed by atoms with Crippen molar-refractivity contribution >= 4 is 21.9 Å². The molecule has 14 heteroatoms. The Morgan fingerprint density at radius 1 is 0.585 bits per heavy atom. The molecule has 0 radical (unpaired) electrons. The van der Waals surface area contributed by atoms with Crippen LogP contribution in [-0.4, -0.2) is 29.9 Å². The first-order valence-electron chi connectivity index (χ1n) is 11.6. The molecule has 0 N–H and O–H groups in total. The third-order valence-electron chi connectivity index (χ3n) is 7.48. The van der Waals surface area contributed by atoms with Gasteiger partial charge in [0.05, 0.1) is 0 Å². The lowest BCUT2D eigenvalue weighted by Gasteiger charge is -2.39. The predicted octanol–water partition coefficient (Wildman–Crippen LogP) is 10.1. The van der Waals surface area contributed by atoms with Gasteiger partial charge in [-0.05, 0) is 34.9 Å². The lowest BCUT2D eigenvalue weighted by atomic mass is 9.82. The van der Waals surface area contributed by atoms with E-state index >= 15 is 0 Å². The molecule has 0 amide bonds. The van der Waals surface area contributed by atoms with E-state index in [2.05, 4.69) is 0 Å². The van der Waals surface area contributed by atoms with Gasteiger partial charge in [-0.3, -0.25) is 0 Å². The summed E-state index contributed by atoms with van der Waals surface area (Å²) in [5, 5.41) is -0.318. The van der Waals surface area contributed by atoms with E-state index in [9.17, 15) is 57.1 Å². The molecule has 0 bridgehead atoms. The van der Waals surface area contributed by atoms with Crippen LogP contribution in [0.5, 0.6) is 0 Å². The zero-order chi connectivity index (χ0) is 30.8. The Morgan fingerprint density at radius 2 is 1.17 bits per heavy atom. The van der Waals surface area contributed by atoms with Gasteiger partial charge in [-0.2, -0.15) is 57.1 Å². The van der Waals surface area contributed by atoms with Gasteiger partial charge in [0.25, 0.3) is 0 Å². The molecule has 4 aromatic rings. The smallest absolute Gasteiger partial charge is 0.455 e. The van der Waals surface area contributed by atoms with Crippen LogP contribution in [-0.2, 0) is 11.3 Å². The minimum absolute atomic E-state index is 0.0351. The topological polar surface area (TPSA) is 13.1 Å². The van der Waals surface area contributed by atoms with E-state index in [1.54, 1.807) is 24.3 Å². The number of hydrogen-bond acceptors (Lipinski definition) is 1. The summed E-state index contributed by atoms with van der Waals surface area (Å²) < 4.78 is 183. The number of rotatable bonds is 5. The molecule has 41 heavy (non-hydrogen) atoms. The van der Waals surface area contributed by atoms with E-state index in [-0.39, 0.29) is 34.1 Å². The normalized spacial score (nSPS) is 16.4. The van der Waals surface area contributed by atoms with Gasteiger partial charge in [-0.1, -0.05) is 50.2 Å². The summed E-state index contributed by atoms with van der Waals surface area (Å²) in [4.78, 5) is 0. The maximum Gasteiger partial charge on any atom is 0.460 e. The van der Waals surface area contributed by atoms with Crippen LogP contribution in [0, 0.1) is 0 Å². The molecule has 0 spiro atoms. The number of alkyl halides is 13. The van der Waals surface area contributed by atoms with Crippen LogP contribution in [0.3, 0.4) is 0 Å². The Morgan fingerprint density at radius 3 is 1.78 bits per heavy atom. The predicted molar refractivity (Wildman–Crippen MR) is 121 cm³/mol. The molecule has 220 valence electrons. The molecule has 5 rings (SSSR count). The van der Waals surface area contributed by atoms with Gasteiger partial charge >= 0.3 is 35.8 Å². The molecular formula is C27H15F13O. The van der Waals surface area contributed by atoms with Crippen molar-refractivity contribution in [3.63, 3.8) is 0 Å². The molecule has 0 fully saturated rings. The third-order valence-corrected chi connectivity index (χ3v) is 7.48. The molecule has 1 heterocycles. The minimum atomic E-state index is -7.96. The van der Waals surface area contributed by atoms with Crippen molar-refractivity contribution in [2.45, 2.75) is 55.1 Å². The highest BCUT2D eigenvalue weighted by molar-refractivity contribution is 6.11. The summed E-state index contributed by atoms with van der Waals surface area (Å²) in [7, 11) is 0. The van der Waals surface area contributed by atoms with Gasteiger partial charge in [0, 0.05) is 27.3 Å². The fourth-order valence-corrected chi connectivity index (χ4v) is 5.17. The maximum atomic E-state index is 14.9. The molecule has 0 unspecified atom stereocenters. The maximum absolute atomic E-state index is 14.9. The van der Waals surface area contributed by atoms with E-state index < -0.39 is 46.8 Å². The van der Waals surface area contributed by atoms with Crippen molar-refractivity contribution in [1.82, 2.24) is 0 Å². The molecule has 0 saturated carbocycles. The van der Waals surface area contributed by atoms with Crippen LogP contribution < -0.4 is 0 Å². The highest BCUT2D eigenvalue weighted by Crippen LogP contribution is 2.62. The number of halogens is 13. The van der Waals surface area contributed by atoms with Crippen LogP contribution >= 0.6 is 0 Å². The Balaban J connectivity index is 1.67. The lowest BCUT2D eigenvalue weighted by molar-refractivity contribution is -0.441. The summed E-state index contributed by atoms with van der Waals surface area (Å²) in [6.07, 6.45) is -7.46. The summed E-state index contributed by atoms with van der Waals surface area (Å²) in [5.41, 5.74) is 0.131. The molecule has 1 nitrogen and oxygen atoms in total. The van der Waals surface area contributed by atoms with Crippen molar-refractivity contribution in [3.05, 3.63) is 71.3 Å². The number of furan rings is 1. The average molecular weight is 602 g/mol. The van der Waals surface area contributed by atoms with E-state index in [1.807, 2.05) is 19.9 Å². The second-order valence-corrected chi connectivity index (χ2v) is 10.2. The minimum Gasteiger partial charge on any atom is -0.455 e. The standard InChI is InChI=1S/C27H15F13O/c1-21(2)16-6-4-3-5-14(16)19-17(21)9-8-13-15-11-12(7-10-18(15)41-20(13)19)22(28,29)23(30,31)24(32,33)25(34,35)26(36,37)27(38,39)40/h3-11H,1-2H3. The van der Waals surface area contributed by atoms with Crippen LogP contribution in [0.25, 0.3) is 33.1 Å². The van der Waals surface area contributed by atoms with E-state index in [0.29, 0.717) is 17.2 Å². The fraction of sp³-hybridized carbons (Fsp3) is 0.333. The summed E-state index contributed by atoms with van der Waals surface area (Å²) >= 11 is 0. The molecule has 3 aromatic carbocycles. The second-order valence-electron chi connectivity index (χ2n) is 10.2. The van der Waals surface area contributed by atoms with Crippen LogP contribution in [0.2, 0.25) is 0 Å². The zero-order valence-electron chi connectivity index (χ0n) is 20.5. The Hall–Kier alpha value is -3.45. The molecule has 1 aliphatic carbocycles. The van der Waals surface area contributed by atoms with E-state index in [4.69, 9.17) is 4.42 Å². The van der Waals surface area contributed by atoms with Gasteiger partial charge in [-0.15, -0.1) is 0 Å². The van der Waals surface area contributed by atoms with Gasteiger partial charge in [0.1, 0.15) is 11.2 Å². The second kappa shape index (κ2) is 8.09. The Kier molecular flexibility index (Phi) is 5.74. The van der Waals surface area contributed by atoms with Crippen molar-refractivity contribution in [1.29, 1.82) is 0 Å². The molecule has 1 aliphatic rings. The molecule has 0 atom stereocenters. The molecule has 0 aliphatic heterocycles. The van der Waals surface area contributed by atoms with Gasteiger partial charge < -0.3 is 4.42 Å². The van der Waals surface area contributed by atoms with Gasteiger partial charge in [-0.25, -0.2) is 0 Å². The van der Waals surface area contributed by atoms with Gasteiger partial charge in [0.15, 0.2) is 0 Å². The van der Waals surface area contributed by atoms with Crippen LogP contribution in [0.1, 0.15) is 30.5 Å². The molecule has 0 saturated heterocycles. The van der Waals surface area contributed by atoms with E-state index in [0.717, 1.165) is 11.1 Å². The number of benzene rings is 3. The average Bonchev–Trinajstić information content (AvgIpc) is 3.35. The van der Waals surface area contributed by atoms with E-state index in [1.165, 1.54) is 6.07 Å². The number of hydrogen-bond donors (Lipinski definition) is 0. The van der Waals surface area contributed by atoms with Crippen molar-refractivity contribution in [2.24, 2.45) is 0 Å². The van der Waals surface area contributed by atoms with Crippen molar-refractivity contribution < 1.29 is 61.5 Å². The number of fused-ring (bicyclic) bond motifs is 7. The first-order chi connectivity index (χ1) is 18.5. The van der Waals surface area contributed by atoms with Crippen molar-refractivity contribution in [3.8, 4) is 11.1 Å². The Bertz CT molecular complexity index is 1690. The summed E-state index contributed by atoms with van der Waals surface area (Å²) in [6, 6.07) is 11.0. The van der Waals surface area contributed by atoms with Crippen LogP contribution in [0.4, 0.5) is 57.1 Å². The largest absolute Gasteiger partial charge is 0.460 e. The molecule has 1 aromatic heterocycles. The van der Waals surface area contributed by atoms with Crippen molar-refractivity contribution in [2.75, 3.05) is 0 Å². The summed E-state index contributed by atoms with van der Waals surface area (Å²) in [5.74, 6) is -37.4. The lowest BCUT2D eigenvalue weighted by Crippen LogP contribution is -2.69. The first kappa shape index (κ1) is 29.1. The highest BCUT2D eigenvalue weighted by atomic mass is 19.4. The third kappa shape index (κ3) is 3.44. The van der Waals surface area contributed by atoms with Crippen LogP contribution in [0.15, 0.2) is 59.0 Å². The molecular weight excluding hydrogens is 587 g/mol. The highest BCUT2D eigenvalue weighted by Gasteiger charge is 2.90. The van der Waals surface area contributed by atoms with Gasteiger partial charge in [0.2, 0.25) is 0 Å². The Labute approximate surface area is 221 Å². The zero-order valence-corrected chi connectivity index (χ0v) is 20.5. The fourth-order valence-electron chi connectivity index (χ4n) is 5.17. The quantitative estimate of drug-likeness (QED) is 0.207. The SMILES string of the molecule is CC1(C)c2ccccc2-c2c1ccc1c2oc2ccc(C(F)(F)C(F)(F)C(F)(F)C(F)(F)C(F)(F)C(F)(F)F)cc21. The summed E-state index contributed by atoms with van der Waals surface area (Å²) in [6.45, 7) is 3.79.